The molecule has 0 aromatic heterocycles. The van der Waals surface area contributed by atoms with Gasteiger partial charge in [0.1, 0.15) is 0 Å². The summed E-state index contributed by atoms with van der Waals surface area (Å²) in [5, 5.41) is 6.74. The normalized spacial score (nSPS) is 21.8. The van der Waals surface area contributed by atoms with E-state index in [1.807, 2.05) is 0 Å². The summed E-state index contributed by atoms with van der Waals surface area (Å²) in [7, 11) is 1.80. The molecule has 148 valence electrons. The molecule has 1 heterocycles. The lowest BCUT2D eigenvalue weighted by Gasteiger charge is -2.35. The van der Waals surface area contributed by atoms with E-state index >= 15 is 0 Å². The molecule has 2 atom stereocenters. The zero-order valence-electron chi connectivity index (χ0n) is 17.0. The van der Waals surface area contributed by atoms with E-state index in [0.717, 1.165) is 32.1 Å². The van der Waals surface area contributed by atoms with Crippen LogP contribution in [0.3, 0.4) is 0 Å². The van der Waals surface area contributed by atoms with Gasteiger partial charge in [-0.15, -0.1) is 24.0 Å². The van der Waals surface area contributed by atoms with Gasteiger partial charge in [0.05, 0.1) is 12.2 Å². The van der Waals surface area contributed by atoms with Crippen LogP contribution >= 0.6 is 24.0 Å². The summed E-state index contributed by atoms with van der Waals surface area (Å²) in [5.74, 6) is 0.827. The van der Waals surface area contributed by atoms with Crippen molar-refractivity contribution in [2.24, 2.45) is 4.99 Å². The number of guanidine groups is 1. The van der Waals surface area contributed by atoms with E-state index in [9.17, 15) is 0 Å². The molecule has 1 saturated heterocycles. The standard InChI is InChI=1S/C20H34N4O.HI/c1-15-12-24(13-16(2)25-15)14-18-9-7-17(8-10-18)11-22-19(21-6)23-20(3,4)5;/h7-10,15-16H,11-14H2,1-6H3,(H2,21,22,23);1H. The molecule has 2 rings (SSSR count). The zero-order chi connectivity index (χ0) is 18.4. The fraction of sp³-hybridized carbons (Fsp3) is 0.650. The Balaban J connectivity index is 0.00000338. The number of hydrogen-bond donors (Lipinski definition) is 2. The first kappa shape index (κ1) is 23.2. The molecular weight excluding hydrogens is 439 g/mol. The van der Waals surface area contributed by atoms with E-state index in [1.165, 1.54) is 11.1 Å². The van der Waals surface area contributed by atoms with Gasteiger partial charge >= 0.3 is 0 Å². The van der Waals surface area contributed by atoms with Gasteiger partial charge in [-0.2, -0.15) is 0 Å². The van der Waals surface area contributed by atoms with Crippen LogP contribution in [0.1, 0.15) is 45.7 Å². The molecule has 6 heteroatoms. The monoisotopic (exact) mass is 474 g/mol. The Labute approximate surface area is 176 Å². The second-order valence-electron chi connectivity index (χ2n) is 8.07. The highest BCUT2D eigenvalue weighted by Gasteiger charge is 2.21. The highest BCUT2D eigenvalue weighted by atomic mass is 127. The summed E-state index contributed by atoms with van der Waals surface area (Å²) in [4.78, 5) is 6.75. The minimum Gasteiger partial charge on any atom is -0.373 e. The van der Waals surface area contributed by atoms with Gasteiger partial charge in [0.15, 0.2) is 5.96 Å². The lowest BCUT2D eigenvalue weighted by Crippen LogP contribution is -2.47. The van der Waals surface area contributed by atoms with Crippen molar-refractivity contribution in [1.82, 2.24) is 15.5 Å². The molecule has 1 aliphatic rings. The third-order valence-electron chi connectivity index (χ3n) is 4.10. The van der Waals surface area contributed by atoms with Crippen molar-refractivity contribution >= 4 is 29.9 Å². The zero-order valence-corrected chi connectivity index (χ0v) is 19.3. The molecule has 2 unspecified atom stereocenters. The minimum absolute atomic E-state index is 0. The second kappa shape index (κ2) is 10.5. The highest BCUT2D eigenvalue weighted by Crippen LogP contribution is 2.14. The molecule has 0 aliphatic carbocycles. The average molecular weight is 474 g/mol. The molecule has 0 radical (unpaired) electrons. The SMILES string of the molecule is CN=C(NCc1ccc(CN2CC(C)OC(C)C2)cc1)NC(C)(C)C.I. The maximum Gasteiger partial charge on any atom is 0.191 e. The summed E-state index contributed by atoms with van der Waals surface area (Å²) in [6.45, 7) is 14.4. The molecule has 0 bridgehead atoms. The van der Waals surface area contributed by atoms with Crippen LogP contribution < -0.4 is 10.6 Å². The maximum atomic E-state index is 5.81. The lowest BCUT2D eigenvalue weighted by molar-refractivity contribution is -0.0704. The fourth-order valence-corrected chi connectivity index (χ4v) is 3.15. The van der Waals surface area contributed by atoms with Gasteiger partial charge in [0.2, 0.25) is 0 Å². The average Bonchev–Trinajstić information content (AvgIpc) is 2.50. The Hall–Kier alpha value is -0.860. The Bertz CT molecular complexity index is 558. The third-order valence-corrected chi connectivity index (χ3v) is 4.10. The van der Waals surface area contributed by atoms with E-state index in [4.69, 9.17) is 4.74 Å². The first-order chi connectivity index (χ1) is 11.7. The highest BCUT2D eigenvalue weighted by molar-refractivity contribution is 14.0. The van der Waals surface area contributed by atoms with Gasteiger partial charge in [0.25, 0.3) is 0 Å². The number of halogens is 1. The van der Waals surface area contributed by atoms with Crippen LogP contribution in [0, 0.1) is 0 Å². The molecule has 5 nitrogen and oxygen atoms in total. The molecule has 1 aromatic rings. The fourth-order valence-electron chi connectivity index (χ4n) is 3.15. The molecule has 2 N–H and O–H groups in total. The van der Waals surface area contributed by atoms with Gasteiger partial charge in [-0.25, -0.2) is 0 Å². The van der Waals surface area contributed by atoms with Crippen LogP contribution in [-0.4, -0.2) is 48.7 Å². The second-order valence-corrected chi connectivity index (χ2v) is 8.07. The molecule has 0 saturated carbocycles. The minimum atomic E-state index is -0.00185. The van der Waals surface area contributed by atoms with Crippen molar-refractivity contribution in [3.05, 3.63) is 35.4 Å². The van der Waals surface area contributed by atoms with Crippen molar-refractivity contribution in [1.29, 1.82) is 0 Å². The Morgan fingerprint density at radius 3 is 2.15 bits per heavy atom. The van der Waals surface area contributed by atoms with E-state index in [0.29, 0.717) is 12.2 Å². The summed E-state index contributed by atoms with van der Waals surface area (Å²) in [6.07, 6.45) is 0.628. The summed E-state index contributed by atoms with van der Waals surface area (Å²) < 4.78 is 5.81. The van der Waals surface area contributed by atoms with Crippen LogP contribution in [0.2, 0.25) is 0 Å². The number of benzene rings is 1. The van der Waals surface area contributed by atoms with E-state index in [1.54, 1.807) is 7.05 Å². The Kier molecular flexibility index (Phi) is 9.33. The first-order valence-corrected chi connectivity index (χ1v) is 9.19. The number of nitrogens with one attached hydrogen (secondary N) is 2. The number of rotatable bonds is 4. The van der Waals surface area contributed by atoms with Crippen LogP contribution in [0.15, 0.2) is 29.3 Å². The maximum absolute atomic E-state index is 5.81. The van der Waals surface area contributed by atoms with Gasteiger partial charge < -0.3 is 15.4 Å². The predicted molar refractivity (Wildman–Crippen MR) is 120 cm³/mol. The number of morpholine rings is 1. The Morgan fingerprint density at radius 2 is 1.65 bits per heavy atom. The van der Waals surface area contributed by atoms with Crippen LogP contribution in [-0.2, 0) is 17.8 Å². The van der Waals surface area contributed by atoms with Gasteiger partial charge in [-0.1, -0.05) is 24.3 Å². The summed E-state index contributed by atoms with van der Waals surface area (Å²) in [6, 6.07) is 8.84. The summed E-state index contributed by atoms with van der Waals surface area (Å²) >= 11 is 0. The van der Waals surface area contributed by atoms with Crippen LogP contribution in [0.25, 0.3) is 0 Å². The number of nitrogens with zero attached hydrogens (tertiary/aromatic N) is 2. The van der Waals surface area contributed by atoms with Crippen LogP contribution in [0.4, 0.5) is 0 Å². The predicted octanol–water partition coefficient (Wildman–Crippen LogP) is 3.38. The van der Waals surface area contributed by atoms with E-state index < -0.39 is 0 Å². The van der Waals surface area contributed by atoms with Crippen molar-refractivity contribution in [2.75, 3.05) is 20.1 Å². The van der Waals surface area contributed by atoms with E-state index in [-0.39, 0.29) is 29.5 Å². The molecular formula is C20H35IN4O. The molecule has 0 amide bonds. The van der Waals surface area contributed by atoms with Gasteiger partial charge in [-0.3, -0.25) is 9.89 Å². The van der Waals surface area contributed by atoms with Crippen molar-refractivity contribution in [2.45, 2.75) is 65.5 Å². The molecule has 0 spiro atoms. The number of aliphatic imine (C=N–C) groups is 1. The summed E-state index contributed by atoms with van der Waals surface area (Å²) in [5.41, 5.74) is 2.60. The smallest absolute Gasteiger partial charge is 0.191 e. The third kappa shape index (κ3) is 8.22. The Morgan fingerprint density at radius 1 is 1.12 bits per heavy atom. The van der Waals surface area contributed by atoms with Gasteiger partial charge in [-0.05, 0) is 45.7 Å². The van der Waals surface area contributed by atoms with Crippen LogP contribution in [0.5, 0.6) is 0 Å². The van der Waals surface area contributed by atoms with Crippen molar-refractivity contribution < 1.29 is 4.74 Å². The first-order valence-electron chi connectivity index (χ1n) is 9.19. The molecule has 1 aliphatic heterocycles. The molecule has 1 fully saturated rings. The van der Waals surface area contributed by atoms with Gasteiger partial charge in [0, 0.05) is 38.8 Å². The van der Waals surface area contributed by atoms with Crippen molar-refractivity contribution in [3.63, 3.8) is 0 Å². The quantitative estimate of drug-likeness (QED) is 0.399. The molecule has 26 heavy (non-hydrogen) atoms. The molecule has 1 aromatic carbocycles. The largest absolute Gasteiger partial charge is 0.373 e. The van der Waals surface area contributed by atoms with Crippen molar-refractivity contribution in [3.8, 4) is 0 Å². The topological polar surface area (TPSA) is 48.9 Å². The lowest BCUT2D eigenvalue weighted by atomic mass is 10.1. The van der Waals surface area contributed by atoms with E-state index in [2.05, 4.69) is 79.4 Å². The number of hydrogen-bond acceptors (Lipinski definition) is 3. The number of ether oxygens (including phenoxy) is 1.